The minimum atomic E-state index is -0.468. The van der Waals surface area contributed by atoms with Gasteiger partial charge >= 0.3 is 0 Å². The van der Waals surface area contributed by atoms with Crippen molar-refractivity contribution < 1.29 is 23.0 Å². The van der Waals surface area contributed by atoms with E-state index < -0.39 is 5.91 Å². The molecule has 0 fully saturated rings. The Morgan fingerprint density at radius 1 is 0.848 bits per heavy atom. The predicted molar refractivity (Wildman–Crippen MR) is 122 cm³/mol. The minimum Gasteiger partial charge on any atom is -0.488 e. The normalized spacial score (nSPS) is 11.0. The summed E-state index contributed by atoms with van der Waals surface area (Å²) in [5.74, 6) is -0.218. The van der Waals surface area contributed by atoms with E-state index in [1.165, 1.54) is 42.6 Å². The van der Waals surface area contributed by atoms with E-state index in [0.717, 1.165) is 16.3 Å². The highest BCUT2D eigenvalue weighted by atomic mass is 19.1. The lowest BCUT2D eigenvalue weighted by molar-refractivity contribution is -0.123. The van der Waals surface area contributed by atoms with Crippen LogP contribution in [0.2, 0.25) is 0 Å². The van der Waals surface area contributed by atoms with Crippen LogP contribution in [0.1, 0.15) is 11.1 Å². The number of hydrogen-bond acceptors (Lipinski definition) is 4. The van der Waals surface area contributed by atoms with Crippen LogP contribution in [-0.2, 0) is 11.4 Å². The summed E-state index contributed by atoms with van der Waals surface area (Å²) in [4.78, 5) is 12.1. The maximum absolute atomic E-state index is 13.1. The number of fused-ring (bicyclic) bond motifs is 1. The second kappa shape index (κ2) is 10.4. The maximum Gasteiger partial charge on any atom is 0.277 e. The van der Waals surface area contributed by atoms with Crippen LogP contribution in [0.25, 0.3) is 10.8 Å². The fraction of sp³-hybridized carbons (Fsp3) is 0.0769. The highest BCUT2D eigenvalue weighted by Crippen LogP contribution is 2.27. The van der Waals surface area contributed by atoms with Crippen LogP contribution in [0.3, 0.4) is 0 Å². The summed E-state index contributed by atoms with van der Waals surface area (Å²) in [5, 5.41) is 5.93. The van der Waals surface area contributed by atoms with E-state index in [4.69, 9.17) is 9.47 Å². The topological polar surface area (TPSA) is 59.9 Å². The first-order valence-corrected chi connectivity index (χ1v) is 10.2. The van der Waals surface area contributed by atoms with Gasteiger partial charge in [-0.1, -0.05) is 42.5 Å². The molecule has 4 rings (SSSR count). The lowest BCUT2D eigenvalue weighted by Crippen LogP contribution is -2.24. The van der Waals surface area contributed by atoms with Crippen molar-refractivity contribution in [3.63, 3.8) is 0 Å². The summed E-state index contributed by atoms with van der Waals surface area (Å²) >= 11 is 0. The van der Waals surface area contributed by atoms with Crippen LogP contribution in [0, 0.1) is 11.6 Å². The summed E-state index contributed by atoms with van der Waals surface area (Å²) < 4.78 is 37.4. The molecule has 0 aliphatic heterocycles. The molecule has 0 aromatic heterocycles. The van der Waals surface area contributed by atoms with E-state index in [-0.39, 0.29) is 24.8 Å². The van der Waals surface area contributed by atoms with Gasteiger partial charge in [0.15, 0.2) is 6.61 Å². The molecule has 4 aromatic carbocycles. The van der Waals surface area contributed by atoms with E-state index in [2.05, 4.69) is 10.5 Å². The van der Waals surface area contributed by atoms with Gasteiger partial charge in [0, 0.05) is 5.56 Å². The number of nitrogens with one attached hydrogen (secondary N) is 1. The third-order valence-electron chi connectivity index (χ3n) is 4.80. The van der Waals surface area contributed by atoms with Gasteiger partial charge in [-0.05, 0) is 58.8 Å². The van der Waals surface area contributed by atoms with Crippen molar-refractivity contribution in [3.8, 4) is 11.5 Å². The van der Waals surface area contributed by atoms with Gasteiger partial charge in [-0.25, -0.2) is 14.2 Å². The molecule has 4 aromatic rings. The molecular formula is C26H20F2N2O3. The van der Waals surface area contributed by atoms with Crippen LogP contribution in [0.4, 0.5) is 8.78 Å². The first-order chi connectivity index (χ1) is 16.1. The molecule has 0 saturated heterocycles. The van der Waals surface area contributed by atoms with Gasteiger partial charge in [0.25, 0.3) is 5.91 Å². The Labute approximate surface area is 189 Å². The Bertz CT molecular complexity index is 1270. The van der Waals surface area contributed by atoms with Crippen molar-refractivity contribution in [1.82, 2.24) is 5.43 Å². The molecule has 7 heteroatoms. The molecule has 0 atom stereocenters. The van der Waals surface area contributed by atoms with E-state index in [0.29, 0.717) is 17.1 Å². The van der Waals surface area contributed by atoms with Crippen LogP contribution in [0.15, 0.2) is 90.0 Å². The fourth-order valence-electron chi connectivity index (χ4n) is 3.16. The van der Waals surface area contributed by atoms with Gasteiger partial charge in [0.2, 0.25) is 0 Å². The van der Waals surface area contributed by atoms with E-state index in [1.54, 1.807) is 12.1 Å². The number of ether oxygens (including phenoxy) is 2. The monoisotopic (exact) mass is 446 g/mol. The number of carbonyl (C=O) groups excluding carboxylic acids is 1. The molecular weight excluding hydrogens is 426 g/mol. The molecule has 1 N–H and O–H groups in total. The zero-order chi connectivity index (χ0) is 23.0. The zero-order valence-electron chi connectivity index (χ0n) is 17.5. The summed E-state index contributed by atoms with van der Waals surface area (Å²) in [7, 11) is 0. The molecule has 0 bridgehead atoms. The zero-order valence-corrected chi connectivity index (χ0v) is 17.5. The van der Waals surface area contributed by atoms with Crippen molar-refractivity contribution in [2.45, 2.75) is 6.61 Å². The number of benzene rings is 4. The molecule has 0 aliphatic carbocycles. The van der Waals surface area contributed by atoms with Crippen molar-refractivity contribution in [1.29, 1.82) is 0 Å². The van der Waals surface area contributed by atoms with Crippen LogP contribution >= 0.6 is 0 Å². The lowest BCUT2D eigenvalue weighted by Gasteiger charge is -2.12. The highest BCUT2D eigenvalue weighted by Gasteiger charge is 2.09. The number of amides is 1. The van der Waals surface area contributed by atoms with Gasteiger partial charge in [-0.2, -0.15) is 5.10 Å². The third-order valence-corrected chi connectivity index (χ3v) is 4.80. The Balaban J connectivity index is 1.45. The maximum atomic E-state index is 13.1. The fourth-order valence-corrected chi connectivity index (χ4v) is 3.16. The molecule has 0 heterocycles. The smallest absolute Gasteiger partial charge is 0.277 e. The number of rotatable bonds is 8. The van der Waals surface area contributed by atoms with Gasteiger partial charge < -0.3 is 9.47 Å². The Morgan fingerprint density at radius 2 is 1.55 bits per heavy atom. The summed E-state index contributed by atoms with van der Waals surface area (Å²) in [6.45, 7) is -0.0240. The SMILES string of the molecule is O=C(COc1ccc(F)cc1)N/N=C\c1c(OCc2ccc(F)cc2)ccc2ccccc12. The Hall–Kier alpha value is -4.26. The first kappa shape index (κ1) is 22.0. The van der Waals surface area contributed by atoms with Crippen molar-refractivity contribution in [3.05, 3.63) is 108 Å². The van der Waals surface area contributed by atoms with Crippen LogP contribution in [-0.4, -0.2) is 18.7 Å². The molecule has 0 unspecified atom stereocenters. The largest absolute Gasteiger partial charge is 0.488 e. The quantitative estimate of drug-likeness (QED) is 0.298. The molecule has 0 saturated carbocycles. The van der Waals surface area contributed by atoms with E-state index in [1.807, 2.05) is 36.4 Å². The third kappa shape index (κ3) is 5.92. The molecule has 0 spiro atoms. The molecule has 1 amide bonds. The van der Waals surface area contributed by atoms with E-state index >= 15 is 0 Å². The highest BCUT2D eigenvalue weighted by molar-refractivity contribution is 6.02. The lowest BCUT2D eigenvalue weighted by atomic mass is 10.0. The molecule has 166 valence electrons. The van der Waals surface area contributed by atoms with Gasteiger partial charge in [-0.15, -0.1) is 0 Å². The summed E-state index contributed by atoms with van der Waals surface area (Å²) in [6.07, 6.45) is 1.51. The van der Waals surface area contributed by atoms with Gasteiger partial charge in [-0.3, -0.25) is 4.79 Å². The summed E-state index contributed by atoms with van der Waals surface area (Å²) in [6, 6.07) is 22.9. The number of hydrazone groups is 1. The van der Waals surface area contributed by atoms with Crippen molar-refractivity contribution >= 4 is 22.9 Å². The Kier molecular flexibility index (Phi) is 6.90. The number of nitrogens with zero attached hydrogens (tertiary/aromatic N) is 1. The molecule has 5 nitrogen and oxygen atoms in total. The second-order valence-corrected chi connectivity index (χ2v) is 7.15. The molecule has 0 aliphatic rings. The molecule has 0 radical (unpaired) electrons. The first-order valence-electron chi connectivity index (χ1n) is 10.2. The minimum absolute atomic E-state index is 0.247. The van der Waals surface area contributed by atoms with Crippen molar-refractivity contribution in [2.24, 2.45) is 5.10 Å². The second-order valence-electron chi connectivity index (χ2n) is 7.15. The van der Waals surface area contributed by atoms with Gasteiger partial charge in [0.05, 0.1) is 6.21 Å². The predicted octanol–water partition coefficient (Wildman–Crippen LogP) is 5.23. The number of halogens is 2. The summed E-state index contributed by atoms with van der Waals surface area (Å²) in [5.41, 5.74) is 3.93. The van der Waals surface area contributed by atoms with E-state index in [9.17, 15) is 13.6 Å². The van der Waals surface area contributed by atoms with Gasteiger partial charge in [0.1, 0.15) is 29.7 Å². The van der Waals surface area contributed by atoms with Crippen LogP contribution < -0.4 is 14.9 Å². The average Bonchev–Trinajstić information content (AvgIpc) is 2.84. The Morgan fingerprint density at radius 3 is 2.30 bits per heavy atom. The standard InChI is InChI=1S/C26H20F2N2O3/c27-20-8-5-18(6-9-20)16-33-25-14-7-19-3-1-2-4-23(19)24(25)15-29-30-26(31)17-32-22-12-10-21(28)11-13-22/h1-15H,16-17H2,(H,30,31)/b29-15-. The molecule has 33 heavy (non-hydrogen) atoms. The van der Waals surface area contributed by atoms with Crippen LogP contribution in [0.5, 0.6) is 11.5 Å². The van der Waals surface area contributed by atoms with Crippen molar-refractivity contribution in [2.75, 3.05) is 6.61 Å². The number of hydrogen-bond donors (Lipinski definition) is 1. The average molecular weight is 446 g/mol. The number of carbonyl (C=O) groups is 1.